The summed E-state index contributed by atoms with van der Waals surface area (Å²) in [6.07, 6.45) is 0. The van der Waals surface area contributed by atoms with Crippen LogP contribution in [0.25, 0.3) is 0 Å². The van der Waals surface area contributed by atoms with E-state index in [9.17, 15) is 14.4 Å². The van der Waals surface area contributed by atoms with E-state index < -0.39 is 11.4 Å². The van der Waals surface area contributed by atoms with Gasteiger partial charge in [-0.25, -0.2) is 4.79 Å². The smallest absolute Gasteiger partial charge is 0.338 e. The molecule has 0 aliphatic heterocycles. The third-order valence-corrected chi connectivity index (χ3v) is 2.56. The molecule has 0 amide bonds. The van der Waals surface area contributed by atoms with Crippen molar-refractivity contribution in [3.63, 3.8) is 0 Å². The highest BCUT2D eigenvalue weighted by atomic mass is 16.6. The molecule has 0 aliphatic rings. The lowest BCUT2D eigenvalue weighted by Crippen LogP contribution is -2.35. The number of esters is 1. The molecule has 0 N–H and O–H groups in total. The molecule has 0 saturated heterocycles. The van der Waals surface area contributed by atoms with E-state index in [1.807, 2.05) is 0 Å². The zero-order valence-corrected chi connectivity index (χ0v) is 11.1. The van der Waals surface area contributed by atoms with Crippen molar-refractivity contribution < 1.29 is 28.6 Å². The van der Waals surface area contributed by atoms with Crippen molar-refractivity contribution >= 4 is 18.9 Å². The van der Waals surface area contributed by atoms with Crippen molar-refractivity contribution in [3.05, 3.63) is 35.9 Å². The summed E-state index contributed by atoms with van der Waals surface area (Å²) in [4.78, 5) is 32.3. The van der Waals surface area contributed by atoms with Gasteiger partial charge >= 0.3 is 5.97 Å². The van der Waals surface area contributed by atoms with Gasteiger partial charge in [-0.3, -0.25) is 9.59 Å². The number of benzene rings is 1. The van der Waals surface area contributed by atoms with Crippen molar-refractivity contribution in [1.29, 1.82) is 0 Å². The van der Waals surface area contributed by atoms with Crippen LogP contribution in [0.4, 0.5) is 0 Å². The number of rotatable bonds is 9. The van der Waals surface area contributed by atoms with Crippen LogP contribution in [0.15, 0.2) is 30.3 Å². The highest BCUT2D eigenvalue weighted by Gasteiger charge is 2.29. The Bertz CT molecular complexity index is 430. The van der Waals surface area contributed by atoms with Crippen molar-refractivity contribution in [2.75, 3.05) is 19.8 Å². The molecule has 0 unspecified atom stereocenters. The molecule has 0 heterocycles. The summed E-state index contributed by atoms with van der Waals surface area (Å²) >= 11 is 0. The number of hydrogen-bond donors (Lipinski definition) is 0. The average molecular weight is 280 g/mol. The third kappa shape index (κ3) is 5.09. The van der Waals surface area contributed by atoms with Gasteiger partial charge < -0.3 is 14.2 Å². The second-order valence-electron chi connectivity index (χ2n) is 4.57. The summed E-state index contributed by atoms with van der Waals surface area (Å²) in [6.45, 7) is 2.18. The zero-order chi connectivity index (χ0) is 14.8. The topological polar surface area (TPSA) is 78.9 Å². The molecule has 1 aromatic rings. The Morgan fingerprint density at radius 1 is 1.05 bits per heavy atom. The SMILES string of the molecule is CC(COC=O)(COC=O)COC(=O)c1ccccc1. The van der Waals surface area contributed by atoms with Gasteiger partial charge in [-0.1, -0.05) is 18.2 Å². The second kappa shape index (κ2) is 7.93. The molecular weight excluding hydrogens is 264 g/mol. The first kappa shape index (κ1) is 15.7. The van der Waals surface area contributed by atoms with Gasteiger partial charge in [0, 0.05) is 0 Å². The number of carbonyl (C=O) groups excluding carboxylic acids is 3. The van der Waals surface area contributed by atoms with E-state index in [1.165, 1.54) is 0 Å². The molecule has 0 aromatic heterocycles. The second-order valence-corrected chi connectivity index (χ2v) is 4.57. The molecule has 0 radical (unpaired) electrons. The Labute approximate surface area is 116 Å². The van der Waals surface area contributed by atoms with Crippen LogP contribution in [0.3, 0.4) is 0 Å². The minimum absolute atomic E-state index is 0.0214. The Morgan fingerprint density at radius 3 is 2.10 bits per heavy atom. The average Bonchev–Trinajstić information content (AvgIpc) is 2.50. The summed E-state index contributed by atoms with van der Waals surface area (Å²) in [5.74, 6) is -0.492. The summed E-state index contributed by atoms with van der Waals surface area (Å²) in [7, 11) is 0. The number of hydrogen-bond acceptors (Lipinski definition) is 6. The molecule has 1 rings (SSSR count). The van der Waals surface area contributed by atoms with Gasteiger partial charge in [0.1, 0.15) is 19.8 Å². The van der Waals surface area contributed by atoms with Crippen LogP contribution >= 0.6 is 0 Å². The Balaban J connectivity index is 2.58. The van der Waals surface area contributed by atoms with Gasteiger partial charge in [0.05, 0.1) is 11.0 Å². The number of ether oxygens (including phenoxy) is 3. The van der Waals surface area contributed by atoms with Crippen LogP contribution in [0, 0.1) is 5.41 Å². The lowest BCUT2D eigenvalue weighted by Gasteiger charge is -2.26. The van der Waals surface area contributed by atoms with Gasteiger partial charge in [-0.05, 0) is 19.1 Å². The van der Waals surface area contributed by atoms with Gasteiger partial charge in [0.25, 0.3) is 12.9 Å². The third-order valence-electron chi connectivity index (χ3n) is 2.56. The fraction of sp³-hybridized carbons (Fsp3) is 0.357. The lowest BCUT2D eigenvalue weighted by molar-refractivity contribution is -0.139. The molecule has 0 aliphatic carbocycles. The van der Waals surface area contributed by atoms with Gasteiger partial charge in [-0.2, -0.15) is 0 Å². The monoisotopic (exact) mass is 280 g/mol. The first-order chi connectivity index (χ1) is 9.61. The van der Waals surface area contributed by atoms with Crippen LogP contribution in [0.2, 0.25) is 0 Å². The van der Waals surface area contributed by atoms with Gasteiger partial charge in [0.15, 0.2) is 0 Å². The van der Waals surface area contributed by atoms with E-state index in [0.717, 1.165) is 0 Å². The maximum atomic E-state index is 11.8. The van der Waals surface area contributed by atoms with E-state index in [0.29, 0.717) is 5.56 Å². The van der Waals surface area contributed by atoms with Crippen LogP contribution in [-0.4, -0.2) is 38.7 Å². The molecule has 0 saturated carbocycles. The van der Waals surface area contributed by atoms with Crippen LogP contribution in [-0.2, 0) is 23.8 Å². The Morgan fingerprint density at radius 2 is 1.60 bits per heavy atom. The quantitative estimate of drug-likeness (QED) is 0.384. The number of carbonyl (C=O) groups is 3. The molecule has 20 heavy (non-hydrogen) atoms. The van der Waals surface area contributed by atoms with Crippen molar-refractivity contribution in [2.24, 2.45) is 5.41 Å². The minimum Gasteiger partial charge on any atom is -0.467 e. The van der Waals surface area contributed by atoms with E-state index in [2.05, 4.69) is 9.47 Å². The fourth-order valence-electron chi connectivity index (χ4n) is 1.49. The standard InChI is InChI=1S/C14H16O6/c1-14(7-18-10-15,8-19-11-16)9-20-13(17)12-5-3-2-4-6-12/h2-6,10-11H,7-9H2,1H3. The van der Waals surface area contributed by atoms with Crippen LogP contribution in [0.5, 0.6) is 0 Å². The molecule has 108 valence electrons. The maximum absolute atomic E-state index is 11.8. The summed E-state index contributed by atoms with van der Waals surface area (Å²) in [6, 6.07) is 8.49. The molecule has 1 aromatic carbocycles. The largest absolute Gasteiger partial charge is 0.467 e. The fourth-order valence-corrected chi connectivity index (χ4v) is 1.49. The first-order valence-electron chi connectivity index (χ1n) is 5.94. The van der Waals surface area contributed by atoms with Crippen LogP contribution < -0.4 is 0 Å². The van der Waals surface area contributed by atoms with Crippen molar-refractivity contribution in [3.8, 4) is 0 Å². The Kier molecular flexibility index (Phi) is 6.22. The zero-order valence-electron chi connectivity index (χ0n) is 11.1. The summed E-state index contributed by atoms with van der Waals surface area (Å²) in [5, 5.41) is 0. The molecule has 0 fully saturated rings. The lowest BCUT2D eigenvalue weighted by atomic mass is 9.94. The van der Waals surface area contributed by atoms with Gasteiger partial charge in [-0.15, -0.1) is 0 Å². The summed E-state index contributed by atoms with van der Waals surface area (Å²) in [5.41, 5.74) is -0.367. The highest BCUT2D eigenvalue weighted by Crippen LogP contribution is 2.18. The molecule has 0 bridgehead atoms. The molecule has 0 spiro atoms. The van der Waals surface area contributed by atoms with Crippen LogP contribution in [0.1, 0.15) is 17.3 Å². The molecule has 6 nitrogen and oxygen atoms in total. The maximum Gasteiger partial charge on any atom is 0.338 e. The Hall–Kier alpha value is -2.37. The first-order valence-corrected chi connectivity index (χ1v) is 5.94. The van der Waals surface area contributed by atoms with Crippen molar-refractivity contribution in [1.82, 2.24) is 0 Å². The molecule has 6 heteroatoms. The van der Waals surface area contributed by atoms with Crippen molar-refractivity contribution in [2.45, 2.75) is 6.92 Å². The predicted octanol–water partition coefficient (Wildman–Crippen LogP) is 1.20. The molecule has 0 atom stereocenters. The molecular formula is C14H16O6. The van der Waals surface area contributed by atoms with Gasteiger partial charge in [0.2, 0.25) is 0 Å². The minimum atomic E-state index is -0.785. The summed E-state index contributed by atoms with van der Waals surface area (Å²) < 4.78 is 14.5. The van der Waals surface area contributed by atoms with E-state index >= 15 is 0 Å². The normalized spacial score (nSPS) is 10.4. The predicted molar refractivity (Wildman–Crippen MR) is 68.9 cm³/mol. The van der Waals surface area contributed by atoms with E-state index in [4.69, 9.17) is 4.74 Å². The highest BCUT2D eigenvalue weighted by molar-refractivity contribution is 5.89. The van der Waals surface area contributed by atoms with E-state index in [-0.39, 0.29) is 32.8 Å². The van der Waals surface area contributed by atoms with E-state index in [1.54, 1.807) is 37.3 Å².